The summed E-state index contributed by atoms with van der Waals surface area (Å²) in [6, 6.07) is 1.91. The highest BCUT2D eigenvalue weighted by atomic mass is 16.4. The Morgan fingerprint density at radius 3 is 2.67 bits per heavy atom. The molecular formula is C10H11NO4. The lowest BCUT2D eigenvalue weighted by Crippen LogP contribution is -2.34. The average Bonchev–Trinajstić information content (AvgIpc) is 2.18. The topological polar surface area (TPSA) is 89.8 Å². The Morgan fingerprint density at radius 2 is 2.00 bits per heavy atom. The molecule has 0 radical (unpaired) electrons. The highest BCUT2D eigenvalue weighted by molar-refractivity contribution is 5.77. The maximum Gasteiger partial charge on any atom is 0.325 e. The van der Waals surface area contributed by atoms with Gasteiger partial charge in [-0.1, -0.05) is 0 Å². The summed E-state index contributed by atoms with van der Waals surface area (Å²) in [6.07, 6.45) is 0.646. The molecule has 15 heavy (non-hydrogen) atoms. The number of hydrogen-bond acceptors (Lipinski definition) is 4. The van der Waals surface area contributed by atoms with Gasteiger partial charge >= 0.3 is 5.97 Å². The number of carbonyl (C=O) groups is 1. The van der Waals surface area contributed by atoms with Gasteiger partial charge < -0.3 is 20.6 Å². The minimum absolute atomic E-state index is 0.209. The van der Waals surface area contributed by atoms with Crippen molar-refractivity contribution in [1.82, 2.24) is 5.32 Å². The molecule has 5 heteroatoms. The smallest absolute Gasteiger partial charge is 0.325 e. The standard InChI is InChI=1S/C10H11NO4/c12-7-3-5-1-2-11-9(10(14)15)6(5)4-8(7)13/h3-4,9,11-13H,1-2H2,(H,14,15). The lowest BCUT2D eigenvalue weighted by Gasteiger charge is -2.24. The fraction of sp³-hybridized carbons (Fsp3) is 0.300. The number of benzene rings is 1. The fourth-order valence-electron chi connectivity index (χ4n) is 1.80. The van der Waals surface area contributed by atoms with E-state index >= 15 is 0 Å². The monoisotopic (exact) mass is 209 g/mol. The van der Waals surface area contributed by atoms with Gasteiger partial charge in [0.05, 0.1) is 0 Å². The first kappa shape index (κ1) is 9.79. The molecule has 5 nitrogen and oxygen atoms in total. The van der Waals surface area contributed by atoms with Crippen LogP contribution in [0.25, 0.3) is 0 Å². The van der Waals surface area contributed by atoms with Crippen molar-refractivity contribution in [2.45, 2.75) is 12.5 Å². The van der Waals surface area contributed by atoms with Crippen molar-refractivity contribution in [3.8, 4) is 11.5 Å². The molecular weight excluding hydrogens is 198 g/mol. The van der Waals surface area contributed by atoms with Gasteiger partial charge in [0, 0.05) is 6.54 Å². The Bertz CT molecular complexity index is 416. The van der Waals surface area contributed by atoms with E-state index in [0.717, 1.165) is 5.56 Å². The third-order valence-electron chi connectivity index (χ3n) is 2.54. The number of phenolic OH excluding ortho intramolecular Hbond substituents is 2. The average molecular weight is 209 g/mol. The number of phenols is 2. The van der Waals surface area contributed by atoms with Gasteiger partial charge in [-0.3, -0.25) is 4.79 Å². The van der Waals surface area contributed by atoms with Crippen LogP contribution in [0.1, 0.15) is 17.2 Å². The summed E-state index contributed by atoms with van der Waals surface area (Å²) >= 11 is 0. The van der Waals surface area contributed by atoms with Crippen LogP contribution < -0.4 is 5.32 Å². The predicted octanol–water partition coefficient (Wildman–Crippen LogP) is 0.369. The molecule has 1 atom stereocenters. The normalized spacial score (nSPS) is 19.6. The zero-order chi connectivity index (χ0) is 11.0. The van der Waals surface area contributed by atoms with E-state index in [1.165, 1.54) is 12.1 Å². The van der Waals surface area contributed by atoms with E-state index in [9.17, 15) is 15.0 Å². The molecule has 80 valence electrons. The number of aliphatic carboxylic acids is 1. The summed E-state index contributed by atoms with van der Waals surface area (Å²) in [7, 11) is 0. The molecule has 0 fully saturated rings. The minimum atomic E-state index is -0.985. The molecule has 1 aliphatic heterocycles. The third-order valence-corrected chi connectivity index (χ3v) is 2.54. The molecule has 4 N–H and O–H groups in total. The first-order chi connectivity index (χ1) is 7.09. The molecule has 0 saturated heterocycles. The van der Waals surface area contributed by atoms with Gasteiger partial charge in [-0.05, 0) is 29.7 Å². The highest BCUT2D eigenvalue weighted by Gasteiger charge is 2.26. The number of rotatable bonds is 1. The van der Waals surface area contributed by atoms with Crippen molar-refractivity contribution >= 4 is 5.97 Å². The number of carboxylic acids is 1. The maximum absolute atomic E-state index is 10.9. The van der Waals surface area contributed by atoms with Crippen LogP contribution in [-0.4, -0.2) is 27.8 Å². The van der Waals surface area contributed by atoms with Gasteiger partial charge in [0.25, 0.3) is 0 Å². The van der Waals surface area contributed by atoms with Crippen LogP contribution >= 0.6 is 0 Å². The molecule has 1 aromatic rings. The van der Waals surface area contributed by atoms with Crippen LogP contribution in [0.2, 0.25) is 0 Å². The molecule has 1 aromatic carbocycles. The molecule has 1 heterocycles. The lowest BCUT2D eigenvalue weighted by atomic mass is 9.94. The van der Waals surface area contributed by atoms with Crippen LogP contribution in [0.4, 0.5) is 0 Å². The fourth-order valence-corrected chi connectivity index (χ4v) is 1.80. The summed E-state index contributed by atoms with van der Waals surface area (Å²) in [6.45, 7) is 0.550. The number of hydrogen-bond donors (Lipinski definition) is 4. The minimum Gasteiger partial charge on any atom is -0.504 e. The van der Waals surface area contributed by atoms with E-state index in [4.69, 9.17) is 5.11 Å². The Hall–Kier alpha value is -1.75. The lowest BCUT2D eigenvalue weighted by molar-refractivity contribution is -0.139. The van der Waals surface area contributed by atoms with Crippen molar-refractivity contribution in [1.29, 1.82) is 0 Å². The zero-order valence-corrected chi connectivity index (χ0v) is 7.90. The van der Waals surface area contributed by atoms with Crippen molar-refractivity contribution in [3.63, 3.8) is 0 Å². The predicted molar refractivity (Wildman–Crippen MR) is 51.9 cm³/mol. The Labute approximate surface area is 86.0 Å². The highest BCUT2D eigenvalue weighted by Crippen LogP contribution is 2.33. The zero-order valence-electron chi connectivity index (χ0n) is 7.90. The Balaban J connectivity index is 2.51. The van der Waals surface area contributed by atoms with Gasteiger partial charge in [-0.2, -0.15) is 0 Å². The van der Waals surface area contributed by atoms with Crippen LogP contribution in [0.15, 0.2) is 12.1 Å². The second kappa shape index (κ2) is 3.43. The van der Waals surface area contributed by atoms with Gasteiger partial charge in [-0.15, -0.1) is 0 Å². The number of nitrogens with one attached hydrogen (secondary N) is 1. The van der Waals surface area contributed by atoms with E-state index in [2.05, 4.69) is 5.32 Å². The molecule has 0 aliphatic carbocycles. The Kier molecular flexibility index (Phi) is 2.24. The summed E-state index contributed by atoms with van der Waals surface area (Å²) in [5, 5.41) is 30.4. The first-order valence-electron chi connectivity index (χ1n) is 4.60. The third kappa shape index (κ3) is 1.61. The summed E-state index contributed by atoms with van der Waals surface area (Å²) in [5.41, 5.74) is 1.28. The largest absolute Gasteiger partial charge is 0.504 e. The maximum atomic E-state index is 10.9. The van der Waals surface area contributed by atoms with Gasteiger partial charge in [0.1, 0.15) is 6.04 Å². The SMILES string of the molecule is O=C(O)C1NCCc2cc(O)c(O)cc21. The van der Waals surface area contributed by atoms with E-state index < -0.39 is 12.0 Å². The van der Waals surface area contributed by atoms with Crippen molar-refractivity contribution in [3.05, 3.63) is 23.3 Å². The van der Waals surface area contributed by atoms with Crippen LogP contribution in [0.5, 0.6) is 11.5 Å². The summed E-state index contributed by atoms with van der Waals surface area (Å²) in [5.74, 6) is -1.48. The molecule has 0 amide bonds. The molecule has 2 rings (SSSR count). The van der Waals surface area contributed by atoms with E-state index in [1.54, 1.807) is 0 Å². The van der Waals surface area contributed by atoms with E-state index in [-0.39, 0.29) is 11.5 Å². The van der Waals surface area contributed by atoms with Gasteiger partial charge in [0.15, 0.2) is 11.5 Å². The van der Waals surface area contributed by atoms with Crippen LogP contribution in [0.3, 0.4) is 0 Å². The first-order valence-corrected chi connectivity index (χ1v) is 4.60. The molecule has 0 spiro atoms. The summed E-state index contributed by atoms with van der Waals surface area (Å²) < 4.78 is 0. The molecule has 1 unspecified atom stereocenters. The van der Waals surface area contributed by atoms with E-state index in [0.29, 0.717) is 18.5 Å². The second-order valence-corrected chi connectivity index (χ2v) is 3.52. The summed E-state index contributed by atoms with van der Waals surface area (Å²) in [4.78, 5) is 10.9. The number of aromatic hydroxyl groups is 2. The molecule has 1 aliphatic rings. The van der Waals surface area contributed by atoms with Gasteiger partial charge in [-0.25, -0.2) is 0 Å². The molecule has 0 aromatic heterocycles. The second-order valence-electron chi connectivity index (χ2n) is 3.52. The van der Waals surface area contributed by atoms with Crippen molar-refractivity contribution in [2.24, 2.45) is 0 Å². The van der Waals surface area contributed by atoms with E-state index in [1.807, 2.05) is 0 Å². The van der Waals surface area contributed by atoms with Crippen molar-refractivity contribution < 1.29 is 20.1 Å². The van der Waals surface area contributed by atoms with Crippen molar-refractivity contribution in [2.75, 3.05) is 6.54 Å². The molecule has 0 bridgehead atoms. The number of carboxylic acid groups (broad SMARTS) is 1. The van der Waals surface area contributed by atoms with Gasteiger partial charge in [0.2, 0.25) is 0 Å². The Morgan fingerprint density at radius 1 is 1.33 bits per heavy atom. The van der Waals surface area contributed by atoms with Crippen LogP contribution in [0, 0.1) is 0 Å². The molecule has 0 saturated carbocycles. The number of fused-ring (bicyclic) bond motifs is 1. The van der Waals surface area contributed by atoms with Crippen LogP contribution in [-0.2, 0) is 11.2 Å². The quantitative estimate of drug-likeness (QED) is 0.502.